The highest BCUT2D eigenvalue weighted by Crippen LogP contribution is 2.57. The van der Waals surface area contributed by atoms with Gasteiger partial charge in [-0.2, -0.15) is 0 Å². The average molecular weight is 1220 g/mol. The molecule has 0 saturated carbocycles. The summed E-state index contributed by atoms with van der Waals surface area (Å²) in [5.41, 5.74) is 1.41. The van der Waals surface area contributed by atoms with Crippen LogP contribution in [0.5, 0.6) is 28.7 Å². The summed E-state index contributed by atoms with van der Waals surface area (Å²) in [4.78, 5) is 110. The summed E-state index contributed by atoms with van der Waals surface area (Å²) >= 11 is 0. The number of rotatable bonds is 30. The molecule has 25 heteroatoms. The number of aromatic hydroxyl groups is 1. The normalized spacial score (nSPS) is 27.1. The largest absolute Gasteiger partial charge is 0.502 e. The minimum Gasteiger partial charge on any atom is -0.502 e. The molecule has 25 nitrogen and oxygen atoms in total. The summed E-state index contributed by atoms with van der Waals surface area (Å²) in [6.45, 7) is 10.6. The molecule has 0 radical (unpaired) electrons. The van der Waals surface area contributed by atoms with E-state index < -0.39 is 146 Å². The quantitative estimate of drug-likeness (QED) is 0.0596. The van der Waals surface area contributed by atoms with Crippen molar-refractivity contribution in [2.75, 3.05) is 40.8 Å². The molecule has 0 amide bonds. The van der Waals surface area contributed by atoms with Crippen molar-refractivity contribution in [1.29, 1.82) is 0 Å². The molecule has 2 aromatic carbocycles. The Morgan fingerprint density at radius 2 is 0.884 bits per heavy atom. The maximum absolute atomic E-state index is 14.3. The summed E-state index contributed by atoms with van der Waals surface area (Å²) in [7, 11) is 2.74. The lowest BCUT2D eigenvalue weighted by molar-refractivity contribution is -0.366. The van der Waals surface area contributed by atoms with Crippen molar-refractivity contribution >= 4 is 47.8 Å². The van der Waals surface area contributed by atoms with Crippen molar-refractivity contribution < 1.29 is 119 Å². The van der Waals surface area contributed by atoms with E-state index in [-0.39, 0.29) is 82.0 Å². The number of benzene rings is 2. The van der Waals surface area contributed by atoms with Gasteiger partial charge in [0.1, 0.15) is 31.5 Å². The summed E-state index contributed by atoms with van der Waals surface area (Å²) in [6.07, 6.45) is -16.8. The number of fused-ring (bicyclic) bond motifs is 3. The zero-order valence-corrected chi connectivity index (χ0v) is 50.4. The molecule has 3 saturated heterocycles. The lowest BCUT2D eigenvalue weighted by Gasteiger charge is -2.49. The van der Waals surface area contributed by atoms with E-state index in [0.29, 0.717) is 66.7 Å². The van der Waals surface area contributed by atoms with Gasteiger partial charge in [-0.3, -0.25) is 38.4 Å². The van der Waals surface area contributed by atoms with Crippen molar-refractivity contribution in [3.63, 3.8) is 0 Å². The zero-order chi connectivity index (χ0) is 62.2. The van der Waals surface area contributed by atoms with Crippen LogP contribution in [0.15, 0.2) is 24.3 Å². The van der Waals surface area contributed by atoms with Crippen LogP contribution < -0.4 is 18.9 Å². The lowest BCUT2D eigenvalue weighted by Crippen LogP contribution is -2.67. The minimum atomic E-state index is -1.92. The Morgan fingerprint density at radius 1 is 0.488 bits per heavy atom. The topological polar surface area (TPSA) is 304 Å². The van der Waals surface area contributed by atoms with Crippen molar-refractivity contribution in [3.05, 3.63) is 41.0 Å². The van der Waals surface area contributed by atoms with Gasteiger partial charge in [0.25, 0.3) is 0 Å². The minimum absolute atomic E-state index is 0.00579. The summed E-state index contributed by atoms with van der Waals surface area (Å²) in [5.74, 6) is -8.12. The van der Waals surface area contributed by atoms with Gasteiger partial charge in [0.2, 0.25) is 12.5 Å². The number of methoxy groups -OCH3 is 2. The molecular weight excluding hydrogens is 1130 g/mol. The number of phenols is 1. The summed E-state index contributed by atoms with van der Waals surface area (Å²) in [5, 5.41) is 11.0. The molecule has 3 fully saturated rings. The number of hydrogen-bond donors (Lipinski definition) is 1. The van der Waals surface area contributed by atoms with E-state index in [4.69, 9.17) is 75.8 Å². The van der Waals surface area contributed by atoms with Gasteiger partial charge in [-0.05, 0) is 85.9 Å². The van der Waals surface area contributed by atoms with Crippen LogP contribution in [-0.4, -0.2) is 155 Å². The van der Waals surface area contributed by atoms with E-state index in [1.54, 1.807) is 72.7 Å². The van der Waals surface area contributed by atoms with Crippen LogP contribution in [0.4, 0.5) is 0 Å². The first-order valence-corrected chi connectivity index (χ1v) is 29.9. The third-order valence-corrected chi connectivity index (χ3v) is 15.1. The predicted octanol–water partition coefficient (Wildman–Crippen LogP) is 7.21. The first-order valence-electron chi connectivity index (χ1n) is 29.9. The number of esters is 8. The first kappa shape index (κ1) is 66.6. The number of carbonyl (C=O) groups excluding carboxylic acids is 8. The third kappa shape index (κ3) is 16.0. The molecule has 0 unspecified atom stereocenters. The first-order chi connectivity index (χ1) is 41.4. The molecule has 476 valence electrons. The van der Waals surface area contributed by atoms with E-state index in [9.17, 15) is 43.5 Å². The highest BCUT2D eigenvalue weighted by molar-refractivity contribution is 5.79. The second kappa shape index (κ2) is 31.6. The van der Waals surface area contributed by atoms with Gasteiger partial charge in [-0.25, -0.2) is 0 Å². The number of hydrogen-bond acceptors (Lipinski definition) is 25. The van der Waals surface area contributed by atoms with Crippen LogP contribution in [0.1, 0.15) is 167 Å². The number of carbonyl (C=O) groups is 8. The number of phenolic OH excluding ortho intramolecular Hbond substituents is 1. The van der Waals surface area contributed by atoms with Crippen LogP contribution in [-0.2, 0) is 95.2 Å². The molecule has 1 N–H and O–H groups in total. The van der Waals surface area contributed by atoms with Gasteiger partial charge < -0.3 is 80.9 Å². The van der Waals surface area contributed by atoms with Gasteiger partial charge in [0.05, 0.1) is 32.8 Å². The molecule has 7 rings (SSSR count). The van der Waals surface area contributed by atoms with E-state index in [1.807, 2.05) is 0 Å². The van der Waals surface area contributed by atoms with Crippen LogP contribution in [0.3, 0.4) is 0 Å². The highest BCUT2D eigenvalue weighted by Gasteiger charge is 2.60. The molecule has 0 aromatic heterocycles. The SMILES string of the molecule is CCCC(=O)OC[C@H]1O[C@H](O[C@H]2[C@H](OC(=O)CCC)[C@@H](OC(=O)CCC)[C@@H](O[C@@H]3c4cc5c(cc4[C@@H](c4cc(OC)c(O)c(OC)c4)[C@H]4C(=O)OC[C@@H]43)OCO5)O[C@@H]2COC(=O)CCC)[C@H](OC(=O)CCC)[C@@H](OC(=O)CCC)[C@@H]1OC(=O)CCC. The van der Waals surface area contributed by atoms with Gasteiger partial charge >= 0.3 is 47.8 Å². The predicted molar refractivity (Wildman–Crippen MR) is 295 cm³/mol. The Kier molecular flexibility index (Phi) is 24.5. The van der Waals surface area contributed by atoms with E-state index >= 15 is 0 Å². The third-order valence-electron chi connectivity index (χ3n) is 15.1. The molecule has 5 aliphatic rings. The standard InChI is InChI=1S/C61H82O25/c1-10-17-42(62)73-29-40-53(80-44(64)19-12-3)55(81-45(65)20-13-4)57(83-47(67)22-15-6)61(78-40)86-54-41(30-74-43(63)18-11-2)79-60(58(84-48(68)23-16-7)56(54)82-46(66)21-14-5)85-52-34-27-37-36(76-31-77-37)26-33(34)49(50-35(52)28-75-59(50)70)32-24-38(71-8)51(69)39(25-32)72-9/h24-27,35,40-41,49-50,52-58,60-61,69H,10-23,28-31H2,1-9H3/t35-,40+,41+,49+,50-,52+,53+,54+,55-,56-,57+,58+,60+,61+/m0/s1. The van der Waals surface area contributed by atoms with Crippen LogP contribution in [0.25, 0.3) is 0 Å². The maximum Gasteiger partial charge on any atom is 0.310 e. The van der Waals surface area contributed by atoms with Gasteiger partial charge in [0, 0.05) is 56.8 Å². The lowest BCUT2D eigenvalue weighted by atomic mass is 9.66. The highest BCUT2D eigenvalue weighted by atomic mass is 16.8. The summed E-state index contributed by atoms with van der Waals surface area (Å²) in [6, 6.07) is 6.55. The second-order valence-corrected chi connectivity index (χ2v) is 21.5. The number of ether oxygens (including phenoxy) is 16. The Hall–Kier alpha value is -6.96. The molecule has 14 atom stereocenters. The fourth-order valence-corrected chi connectivity index (χ4v) is 11.1. The molecule has 0 bridgehead atoms. The van der Waals surface area contributed by atoms with Crippen molar-refractivity contribution in [2.45, 2.75) is 212 Å². The monoisotopic (exact) mass is 1210 g/mol. The maximum atomic E-state index is 14.3. The van der Waals surface area contributed by atoms with E-state index in [1.165, 1.54) is 14.2 Å². The van der Waals surface area contributed by atoms with Crippen molar-refractivity contribution in [1.82, 2.24) is 0 Å². The Balaban J connectivity index is 1.41. The number of cyclic esters (lactones) is 1. The van der Waals surface area contributed by atoms with Crippen LogP contribution >= 0.6 is 0 Å². The zero-order valence-electron chi connectivity index (χ0n) is 50.4. The van der Waals surface area contributed by atoms with E-state index in [0.717, 1.165) is 0 Å². The molecule has 0 spiro atoms. The average Bonchev–Trinajstić information content (AvgIpc) is 1.47. The fraction of sp³-hybridized carbons (Fsp3) is 0.672. The molecule has 86 heavy (non-hydrogen) atoms. The van der Waals surface area contributed by atoms with Gasteiger partial charge in [-0.1, -0.05) is 48.5 Å². The van der Waals surface area contributed by atoms with Gasteiger partial charge in [-0.15, -0.1) is 0 Å². The summed E-state index contributed by atoms with van der Waals surface area (Å²) < 4.78 is 98.8. The Morgan fingerprint density at radius 3 is 1.34 bits per heavy atom. The molecule has 4 heterocycles. The van der Waals surface area contributed by atoms with Crippen LogP contribution in [0.2, 0.25) is 0 Å². The van der Waals surface area contributed by atoms with Gasteiger partial charge in [0.15, 0.2) is 66.1 Å². The molecule has 2 aromatic rings. The fourth-order valence-electron chi connectivity index (χ4n) is 11.1. The second-order valence-electron chi connectivity index (χ2n) is 21.5. The van der Waals surface area contributed by atoms with Crippen molar-refractivity contribution in [3.8, 4) is 28.7 Å². The smallest absolute Gasteiger partial charge is 0.310 e. The van der Waals surface area contributed by atoms with E-state index in [2.05, 4.69) is 0 Å². The Labute approximate surface area is 499 Å². The molecule has 4 aliphatic heterocycles. The molecule has 1 aliphatic carbocycles. The molecular formula is C61H82O25. The van der Waals surface area contributed by atoms with Crippen molar-refractivity contribution in [2.24, 2.45) is 11.8 Å². The Bertz CT molecular complexity index is 2670. The van der Waals surface area contributed by atoms with Crippen LogP contribution in [0, 0.1) is 11.8 Å².